The molecule has 3 aromatic carbocycles. The van der Waals surface area contributed by atoms with Crippen LogP contribution in [0.5, 0.6) is 5.75 Å². The summed E-state index contributed by atoms with van der Waals surface area (Å²) in [6.07, 6.45) is 1.37. The summed E-state index contributed by atoms with van der Waals surface area (Å²) in [4.78, 5) is 12.6. The second-order valence-corrected chi connectivity index (χ2v) is 9.16. The molecule has 0 saturated carbocycles. The van der Waals surface area contributed by atoms with E-state index in [0.29, 0.717) is 10.6 Å². The number of hydrazone groups is 1. The number of benzene rings is 3. The molecule has 1 amide bonds. The first-order valence-corrected chi connectivity index (χ1v) is 11.5. The van der Waals surface area contributed by atoms with Gasteiger partial charge in [0, 0.05) is 15.6 Å². The van der Waals surface area contributed by atoms with Crippen LogP contribution in [0.15, 0.2) is 82.8 Å². The normalized spacial score (nSPS) is 11.3. The quantitative estimate of drug-likeness (QED) is 0.374. The summed E-state index contributed by atoms with van der Waals surface area (Å²) in [6, 6.07) is 19.2. The van der Waals surface area contributed by atoms with Crippen molar-refractivity contribution >= 4 is 51.0 Å². The Balaban J connectivity index is 1.92. The van der Waals surface area contributed by atoms with Gasteiger partial charge in [-0.25, -0.2) is 13.8 Å². The zero-order valence-corrected chi connectivity index (χ0v) is 19.2. The number of sulfonamides is 1. The summed E-state index contributed by atoms with van der Waals surface area (Å²) >= 11 is 12.2. The Morgan fingerprint density at radius 3 is 2.44 bits per heavy atom. The summed E-state index contributed by atoms with van der Waals surface area (Å²) in [7, 11) is -2.72. The second kappa shape index (κ2) is 10.5. The Labute approximate surface area is 196 Å². The van der Waals surface area contributed by atoms with Crippen LogP contribution in [0.25, 0.3) is 0 Å². The lowest BCUT2D eigenvalue weighted by Crippen LogP contribution is -2.39. The third kappa shape index (κ3) is 5.59. The van der Waals surface area contributed by atoms with Crippen LogP contribution in [-0.4, -0.2) is 34.2 Å². The fourth-order valence-electron chi connectivity index (χ4n) is 2.80. The summed E-state index contributed by atoms with van der Waals surface area (Å²) in [5.41, 5.74) is 3.04. The Morgan fingerprint density at radius 2 is 1.75 bits per heavy atom. The molecule has 166 valence electrons. The molecule has 3 rings (SSSR count). The predicted molar refractivity (Wildman–Crippen MR) is 126 cm³/mol. The minimum Gasteiger partial charge on any atom is -0.495 e. The highest BCUT2D eigenvalue weighted by atomic mass is 35.5. The molecule has 0 aromatic heterocycles. The molecule has 0 aliphatic rings. The van der Waals surface area contributed by atoms with Gasteiger partial charge in [0.15, 0.2) is 0 Å². The number of methoxy groups -OCH3 is 1. The molecule has 0 bridgehead atoms. The van der Waals surface area contributed by atoms with Crippen molar-refractivity contribution in [1.29, 1.82) is 0 Å². The Kier molecular flexibility index (Phi) is 7.74. The van der Waals surface area contributed by atoms with E-state index >= 15 is 0 Å². The highest BCUT2D eigenvalue weighted by Gasteiger charge is 2.29. The van der Waals surface area contributed by atoms with Gasteiger partial charge in [0.1, 0.15) is 12.3 Å². The zero-order chi connectivity index (χ0) is 23.1. The number of anilines is 1. The molecule has 0 aliphatic heterocycles. The van der Waals surface area contributed by atoms with Crippen molar-refractivity contribution in [1.82, 2.24) is 5.43 Å². The van der Waals surface area contributed by atoms with E-state index in [1.807, 2.05) is 0 Å². The number of hydrogen-bond donors (Lipinski definition) is 1. The van der Waals surface area contributed by atoms with Crippen molar-refractivity contribution in [2.75, 3.05) is 18.0 Å². The largest absolute Gasteiger partial charge is 0.495 e. The van der Waals surface area contributed by atoms with Gasteiger partial charge >= 0.3 is 0 Å². The number of carbonyl (C=O) groups excluding carboxylic acids is 1. The van der Waals surface area contributed by atoms with Gasteiger partial charge < -0.3 is 4.74 Å². The topological polar surface area (TPSA) is 88.1 Å². The highest BCUT2D eigenvalue weighted by molar-refractivity contribution is 7.92. The minimum absolute atomic E-state index is 0.00870. The van der Waals surface area contributed by atoms with Crippen molar-refractivity contribution in [2.45, 2.75) is 4.90 Å². The fourth-order valence-corrected chi connectivity index (χ4v) is 4.59. The van der Waals surface area contributed by atoms with E-state index in [1.165, 1.54) is 37.6 Å². The van der Waals surface area contributed by atoms with Crippen LogP contribution in [0.3, 0.4) is 0 Å². The Morgan fingerprint density at radius 1 is 1.06 bits per heavy atom. The molecule has 10 heteroatoms. The molecule has 0 aliphatic carbocycles. The molecule has 0 radical (unpaired) electrons. The van der Waals surface area contributed by atoms with Crippen molar-refractivity contribution < 1.29 is 17.9 Å². The summed E-state index contributed by atoms with van der Waals surface area (Å²) in [5, 5.41) is 4.62. The number of ether oxygens (including phenoxy) is 1. The van der Waals surface area contributed by atoms with E-state index in [1.54, 1.807) is 48.5 Å². The molecular weight excluding hydrogens is 473 g/mol. The zero-order valence-electron chi connectivity index (χ0n) is 16.9. The maximum Gasteiger partial charge on any atom is 0.264 e. The van der Waals surface area contributed by atoms with Gasteiger partial charge in [0.05, 0.1) is 23.9 Å². The molecule has 32 heavy (non-hydrogen) atoms. The molecule has 0 heterocycles. The lowest BCUT2D eigenvalue weighted by Gasteiger charge is -2.25. The van der Waals surface area contributed by atoms with Crippen LogP contribution in [-0.2, 0) is 14.8 Å². The monoisotopic (exact) mass is 491 g/mol. The summed E-state index contributed by atoms with van der Waals surface area (Å²) in [5.74, 6) is -0.434. The van der Waals surface area contributed by atoms with Gasteiger partial charge in [0.25, 0.3) is 15.9 Å². The Hall–Kier alpha value is -3.07. The summed E-state index contributed by atoms with van der Waals surface area (Å²) < 4.78 is 33.0. The van der Waals surface area contributed by atoms with Crippen LogP contribution in [0.2, 0.25) is 10.0 Å². The van der Waals surface area contributed by atoms with E-state index in [2.05, 4.69) is 10.5 Å². The molecular formula is C22H19Cl2N3O4S. The number of nitrogens with one attached hydrogen (secondary N) is 1. The third-order valence-electron chi connectivity index (χ3n) is 4.33. The van der Waals surface area contributed by atoms with Gasteiger partial charge in [-0.05, 0) is 36.4 Å². The average Bonchev–Trinajstić information content (AvgIpc) is 2.79. The molecule has 1 N–H and O–H groups in total. The lowest BCUT2D eigenvalue weighted by molar-refractivity contribution is -0.119. The van der Waals surface area contributed by atoms with E-state index in [4.69, 9.17) is 27.9 Å². The number of rotatable bonds is 8. The number of amides is 1. The maximum absolute atomic E-state index is 13.4. The first kappa shape index (κ1) is 23.6. The van der Waals surface area contributed by atoms with Gasteiger partial charge in [-0.3, -0.25) is 9.10 Å². The fraction of sp³-hybridized carbons (Fsp3) is 0.0909. The Bertz CT molecular complexity index is 1230. The molecule has 0 fully saturated rings. The first-order chi connectivity index (χ1) is 15.3. The average molecular weight is 492 g/mol. The molecule has 0 spiro atoms. The van der Waals surface area contributed by atoms with Gasteiger partial charge in [-0.15, -0.1) is 0 Å². The number of carbonyl (C=O) groups is 1. The van der Waals surface area contributed by atoms with Crippen molar-refractivity contribution in [3.05, 3.63) is 88.4 Å². The van der Waals surface area contributed by atoms with Crippen LogP contribution >= 0.6 is 23.2 Å². The SMILES string of the molecule is COc1ccc(Cl)cc1N(CC(=O)N/N=C\c1ccccc1Cl)S(=O)(=O)c1ccccc1. The third-order valence-corrected chi connectivity index (χ3v) is 6.68. The van der Waals surface area contributed by atoms with Crippen molar-refractivity contribution in [3.63, 3.8) is 0 Å². The molecule has 0 unspecified atom stereocenters. The maximum atomic E-state index is 13.4. The molecule has 0 saturated heterocycles. The van der Waals surface area contributed by atoms with Gasteiger partial charge in [0.2, 0.25) is 0 Å². The van der Waals surface area contributed by atoms with E-state index in [9.17, 15) is 13.2 Å². The van der Waals surface area contributed by atoms with E-state index in [0.717, 1.165) is 4.31 Å². The van der Waals surface area contributed by atoms with E-state index in [-0.39, 0.29) is 21.4 Å². The number of nitrogens with zero attached hydrogens (tertiary/aromatic N) is 2. The van der Waals surface area contributed by atoms with Crippen LogP contribution < -0.4 is 14.5 Å². The highest BCUT2D eigenvalue weighted by Crippen LogP contribution is 2.34. The predicted octanol–water partition coefficient (Wildman–Crippen LogP) is 4.35. The minimum atomic E-state index is -4.12. The smallest absolute Gasteiger partial charge is 0.264 e. The van der Waals surface area contributed by atoms with E-state index < -0.39 is 22.5 Å². The van der Waals surface area contributed by atoms with Crippen molar-refractivity contribution in [2.24, 2.45) is 5.10 Å². The lowest BCUT2D eigenvalue weighted by atomic mass is 10.2. The van der Waals surface area contributed by atoms with Crippen LogP contribution in [0.4, 0.5) is 5.69 Å². The molecule has 0 atom stereocenters. The number of halogens is 2. The molecule has 3 aromatic rings. The number of hydrogen-bond acceptors (Lipinski definition) is 5. The second-order valence-electron chi connectivity index (χ2n) is 6.46. The van der Waals surface area contributed by atoms with Gasteiger partial charge in [-0.1, -0.05) is 59.6 Å². The standard InChI is InChI=1S/C22H19Cl2N3O4S/c1-31-21-12-11-17(23)13-20(21)27(32(29,30)18-8-3-2-4-9-18)15-22(28)26-25-14-16-7-5-6-10-19(16)24/h2-14H,15H2,1H3,(H,26,28)/b25-14-. The van der Waals surface area contributed by atoms with Crippen LogP contribution in [0.1, 0.15) is 5.56 Å². The van der Waals surface area contributed by atoms with Gasteiger partial charge in [-0.2, -0.15) is 5.10 Å². The summed E-state index contributed by atoms with van der Waals surface area (Å²) in [6.45, 7) is -0.562. The van der Waals surface area contributed by atoms with Crippen molar-refractivity contribution in [3.8, 4) is 5.75 Å². The first-order valence-electron chi connectivity index (χ1n) is 9.30. The molecule has 7 nitrogen and oxygen atoms in total. The van der Waals surface area contributed by atoms with Crippen LogP contribution in [0, 0.1) is 0 Å².